The minimum absolute atomic E-state index is 0.0652. The first kappa shape index (κ1) is 22.9. The molecule has 1 spiro atoms. The van der Waals surface area contributed by atoms with E-state index < -0.39 is 33.3 Å². The van der Waals surface area contributed by atoms with Gasteiger partial charge in [-0.25, -0.2) is 0 Å². The molecule has 2 amide bonds. The van der Waals surface area contributed by atoms with Crippen LogP contribution in [0.25, 0.3) is 0 Å². The van der Waals surface area contributed by atoms with Crippen molar-refractivity contribution in [1.29, 1.82) is 0 Å². The van der Waals surface area contributed by atoms with Gasteiger partial charge >= 0.3 is 5.97 Å². The second kappa shape index (κ2) is 8.38. The number of hydrogen-bond donors (Lipinski definition) is 1. The first-order valence-corrected chi connectivity index (χ1v) is 11.3. The molecular weight excluding hydrogens is 404 g/mol. The normalized spacial score (nSPS) is 34.2. The zero-order chi connectivity index (χ0) is 22.3. The van der Waals surface area contributed by atoms with Gasteiger partial charge in [0.25, 0.3) is 0 Å². The van der Waals surface area contributed by atoms with Gasteiger partial charge < -0.3 is 19.6 Å². The summed E-state index contributed by atoms with van der Waals surface area (Å²) in [6.45, 7) is 13.5. The largest absolute Gasteiger partial charge is 0.461 e. The number of hydrogen-bond acceptors (Lipinski definition) is 6. The smallest absolute Gasteiger partial charge is 0.311 e. The molecule has 1 N–H and O–H groups in total. The lowest BCUT2D eigenvalue weighted by Gasteiger charge is -2.38. The number of carbonyl (C=O) groups is 3. The minimum atomic E-state index is -0.714. The van der Waals surface area contributed by atoms with Gasteiger partial charge in [0, 0.05) is 23.9 Å². The maximum Gasteiger partial charge on any atom is 0.311 e. The van der Waals surface area contributed by atoms with Crippen molar-refractivity contribution in [3.05, 3.63) is 25.3 Å². The number of aliphatic hydroxyl groups excluding tert-OH is 1. The van der Waals surface area contributed by atoms with Crippen LogP contribution in [0.3, 0.4) is 0 Å². The summed E-state index contributed by atoms with van der Waals surface area (Å²) in [5.74, 6) is -2.03. The summed E-state index contributed by atoms with van der Waals surface area (Å²) < 4.78 is 4.22. The van der Waals surface area contributed by atoms with Gasteiger partial charge in [0.1, 0.15) is 12.6 Å². The number of fused-ring (bicyclic) bond motifs is 1. The fraction of sp³-hybridized carbons (Fsp3) is 0.682. The topological polar surface area (TPSA) is 87.1 Å². The number of thioether (sulfide) groups is 1. The SMILES string of the molecule is C=CCOC(=O)[C@@H]1[C@H]2C(=O)N(CCO)C(C(=O)N(CC=C)C(C)C)C23CC[C@@]1(C)S3. The van der Waals surface area contributed by atoms with E-state index in [2.05, 4.69) is 13.2 Å². The van der Waals surface area contributed by atoms with Crippen molar-refractivity contribution >= 4 is 29.5 Å². The molecule has 3 fully saturated rings. The van der Waals surface area contributed by atoms with Gasteiger partial charge in [0.15, 0.2) is 0 Å². The number of likely N-dealkylation sites (tertiary alicyclic amines) is 1. The number of esters is 1. The zero-order valence-electron chi connectivity index (χ0n) is 18.0. The Morgan fingerprint density at radius 1 is 1.37 bits per heavy atom. The van der Waals surface area contributed by atoms with Gasteiger partial charge in [-0.05, 0) is 33.6 Å². The maximum absolute atomic E-state index is 13.7. The van der Waals surface area contributed by atoms with Crippen molar-refractivity contribution in [2.75, 3.05) is 26.3 Å². The molecule has 2 bridgehead atoms. The predicted molar refractivity (Wildman–Crippen MR) is 116 cm³/mol. The Balaban J connectivity index is 2.05. The van der Waals surface area contributed by atoms with Crippen molar-refractivity contribution in [2.45, 2.75) is 55.2 Å². The fourth-order valence-corrected chi connectivity index (χ4v) is 7.83. The van der Waals surface area contributed by atoms with E-state index in [1.807, 2.05) is 20.8 Å². The molecule has 0 aliphatic carbocycles. The van der Waals surface area contributed by atoms with Crippen molar-refractivity contribution in [1.82, 2.24) is 9.80 Å². The van der Waals surface area contributed by atoms with Crippen LogP contribution >= 0.6 is 11.8 Å². The number of β-amino-alcohol motifs (C(OH)–C–C–N with tert-alkyl or cyclic N) is 1. The third-order valence-electron chi connectivity index (χ3n) is 6.68. The van der Waals surface area contributed by atoms with Gasteiger partial charge in [0.05, 0.1) is 23.2 Å². The number of amides is 2. The van der Waals surface area contributed by atoms with E-state index in [1.165, 1.54) is 11.0 Å². The number of nitrogens with zero attached hydrogens (tertiary/aromatic N) is 2. The highest BCUT2D eigenvalue weighted by Crippen LogP contribution is 2.71. The molecule has 0 aromatic heterocycles. The van der Waals surface area contributed by atoms with Crippen molar-refractivity contribution < 1.29 is 24.2 Å². The van der Waals surface area contributed by atoms with E-state index in [9.17, 15) is 19.5 Å². The molecule has 166 valence electrons. The number of aliphatic hydroxyl groups is 1. The van der Waals surface area contributed by atoms with Crippen LogP contribution in [0.4, 0.5) is 0 Å². The zero-order valence-corrected chi connectivity index (χ0v) is 18.8. The highest BCUT2D eigenvalue weighted by Gasteiger charge is 2.77. The highest BCUT2D eigenvalue weighted by atomic mass is 32.2. The molecule has 0 saturated carbocycles. The van der Waals surface area contributed by atoms with Crippen LogP contribution in [-0.4, -0.2) is 80.6 Å². The average molecular weight is 437 g/mol. The Morgan fingerprint density at radius 3 is 2.63 bits per heavy atom. The molecule has 7 nitrogen and oxygen atoms in total. The second-order valence-electron chi connectivity index (χ2n) is 8.77. The Labute approximate surface area is 182 Å². The monoisotopic (exact) mass is 436 g/mol. The highest BCUT2D eigenvalue weighted by molar-refractivity contribution is 8.02. The maximum atomic E-state index is 13.7. The number of carbonyl (C=O) groups excluding carboxylic acids is 3. The molecule has 3 aliphatic heterocycles. The Morgan fingerprint density at radius 2 is 2.07 bits per heavy atom. The van der Waals surface area contributed by atoms with Crippen molar-refractivity contribution in [3.63, 3.8) is 0 Å². The molecular formula is C22H32N2O5S. The summed E-state index contributed by atoms with van der Waals surface area (Å²) in [7, 11) is 0. The van der Waals surface area contributed by atoms with E-state index in [-0.39, 0.29) is 37.6 Å². The molecule has 2 unspecified atom stereocenters. The fourth-order valence-electron chi connectivity index (χ4n) is 5.49. The van der Waals surface area contributed by atoms with E-state index in [1.54, 1.807) is 22.7 Å². The van der Waals surface area contributed by atoms with E-state index in [4.69, 9.17) is 4.74 Å². The van der Waals surface area contributed by atoms with E-state index in [0.29, 0.717) is 13.0 Å². The van der Waals surface area contributed by atoms with Gasteiger partial charge in [-0.2, -0.15) is 0 Å². The third-order valence-corrected chi connectivity index (χ3v) is 8.67. The molecule has 8 heteroatoms. The van der Waals surface area contributed by atoms with Crippen LogP contribution in [0.15, 0.2) is 25.3 Å². The summed E-state index contributed by atoms with van der Waals surface area (Å²) in [6.07, 6.45) is 4.59. The van der Waals surface area contributed by atoms with E-state index in [0.717, 1.165) is 6.42 Å². The minimum Gasteiger partial charge on any atom is -0.461 e. The molecule has 30 heavy (non-hydrogen) atoms. The average Bonchev–Trinajstić information content (AvgIpc) is 3.25. The lowest BCUT2D eigenvalue weighted by Crippen LogP contribution is -2.56. The second-order valence-corrected chi connectivity index (χ2v) is 10.7. The van der Waals surface area contributed by atoms with Crippen molar-refractivity contribution in [3.8, 4) is 0 Å². The predicted octanol–water partition coefficient (Wildman–Crippen LogP) is 1.61. The Kier molecular flexibility index (Phi) is 6.39. The molecule has 3 heterocycles. The summed E-state index contributed by atoms with van der Waals surface area (Å²) in [5.41, 5.74) is 0. The lowest BCUT2D eigenvalue weighted by molar-refractivity contribution is -0.154. The first-order valence-electron chi connectivity index (χ1n) is 10.5. The van der Waals surface area contributed by atoms with Crippen LogP contribution < -0.4 is 0 Å². The molecule has 0 radical (unpaired) electrons. The summed E-state index contributed by atoms with van der Waals surface area (Å²) in [5, 5.41) is 9.62. The Bertz CT molecular complexity index is 756. The quantitative estimate of drug-likeness (QED) is 0.437. The van der Waals surface area contributed by atoms with Crippen LogP contribution in [-0.2, 0) is 19.1 Å². The number of rotatable bonds is 9. The van der Waals surface area contributed by atoms with Crippen LogP contribution in [0, 0.1) is 11.8 Å². The van der Waals surface area contributed by atoms with Crippen LogP contribution in [0.1, 0.15) is 33.6 Å². The summed E-state index contributed by atoms with van der Waals surface area (Å²) in [4.78, 5) is 43.5. The standard InChI is InChI=1S/C22H32N2O5S/c1-6-10-23(14(3)4)19(27)17-22-9-8-21(5,30-22)16(20(28)29-13-7-2)15(22)18(26)24(17)11-12-25/h6-7,14-17,25H,1-2,8-13H2,3-5H3/t15-,16-,17?,21+,22?/m0/s1. The molecule has 3 rings (SSSR count). The molecule has 3 aliphatic rings. The lowest BCUT2D eigenvalue weighted by atomic mass is 9.66. The van der Waals surface area contributed by atoms with E-state index >= 15 is 0 Å². The van der Waals surface area contributed by atoms with Gasteiger partial charge in [-0.15, -0.1) is 18.3 Å². The first-order chi connectivity index (χ1) is 14.2. The molecule has 5 atom stereocenters. The molecule has 3 saturated heterocycles. The van der Waals surface area contributed by atoms with Gasteiger partial charge in [-0.3, -0.25) is 14.4 Å². The Hall–Kier alpha value is -1.80. The van der Waals surface area contributed by atoms with Crippen LogP contribution in [0.2, 0.25) is 0 Å². The summed E-state index contributed by atoms with van der Waals surface area (Å²) in [6, 6.07) is -0.780. The third kappa shape index (κ3) is 3.28. The number of ether oxygens (including phenoxy) is 1. The van der Waals surface area contributed by atoms with Gasteiger partial charge in [-0.1, -0.05) is 18.7 Å². The molecule has 0 aromatic carbocycles. The molecule has 0 aromatic rings. The summed E-state index contributed by atoms with van der Waals surface area (Å²) >= 11 is 1.59. The van der Waals surface area contributed by atoms with Crippen LogP contribution in [0.5, 0.6) is 0 Å². The van der Waals surface area contributed by atoms with Crippen molar-refractivity contribution in [2.24, 2.45) is 11.8 Å². The van der Waals surface area contributed by atoms with Gasteiger partial charge in [0.2, 0.25) is 11.8 Å².